The number of carbonyl (C=O) groups is 2. The van der Waals surface area contributed by atoms with E-state index in [9.17, 15) is 14.7 Å². The molecular weight excluding hydrogens is 510 g/mol. The second kappa shape index (κ2) is 10.6. The summed E-state index contributed by atoms with van der Waals surface area (Å²) in [5, 5.41) is 11.9. The summed E-state index contributed by atoms with van der Waals surface area (Å²) in [6.45, 7) is 10.8. The highest BCUT2D eigenvalue weighted by Crippen LogP contribution is 2.44. The number of hydrogen-bond acceptors (Lipinski definition) is 7. The molecule has 3 heterocycles. The molecule has 1 aliphatic heterocycles. The van der Waals surface area contributed by atoms with Crippen molar-refractivity contribution in [3.05, 3.63) is 88.8 Å². The first kappa shape index (κ1) is 26.6. The fraction of sp³-hybridized carbons (Fsp3) is 0.290. The molecule has 1 atom stereocenters. The number of Topliss-reactive ketones (excluding diaryl/α,β-unsaturated/α-hetero) is 1. The highest BCUT2D eigenvalue weighted by molar-refractivity contribution is 7.22. The number of aromatic nitrogens is 2. The Balaban J connectivity index is 1.62. The molecule has 1 unspecified atom stereocenters. The number of amides is 1. The molecule has 1 saturated heterocycles. The Kier molecular flexibility index (Phi) is 7.23. The van der Waals surface area contributed by atoms with E-state index >= 15 is 0 Å². The maximum atomic E-state index is 13.5. The van der Waals surface area contributed by atoms with Crippen LogP contribution in [0.2, 0.25) is 0 Å². The smallest absolute Gasteiger partial charge is 0.301 e. The number of fused-ring (bicyclic) bond motifs is 1. The van der Waals surface area contributed by atoms with E-state index in [0.717, 1.165) is 21.3 Å². The van der Waals surface area contributed by atoms with Gasteiger partial charge in [-0.2, -0.15) is 0 Å². The van der Waals surface area contributed by atoms with Crippen LogP contribution in [0.5, 0.6) is 5.75 Å². The summed E-state index contributed by atoms with van der Waals surface area (Å²) >= 11 is 1.35. The number of aliphatic hydroxyl groups excluding tert-OH is 1. The van der Waals surface area contributed by atoms with Crippen molar-refractivity contribution in [2.24, 2.45) is 5.92 Å². The lowest BCUT2D eigenvalue weighted by molar-refractivity contribution is -0.132. The van der Waals surface area contributed by atoms with E-state index in [1.54, 1.807) is 42.6 Å². The van der Waals surface area contributed by atoms with E-state index in [1.807, 2.05) is 19.1 Å². The van der Waals surface area contributed by atoms with Gasteiger partial charge in [0.2, 0.25) is 0 Å². The van der Waals surface area contributed by atoms with Crippen molar-refractivity contribution in [2.45, 2.75) is 46.6 Å². The van der Waals surface area contributed by atoms with Gasteiger partial charge in [-0.3, -0.25) is 19.5 Å². The van der Waals surface area contributed by atoms with E-state index < -0.39 is 17.7 Å². The van der Waals surface area contributed by atoms with Crippen molar-refractivity contribution in [3.63, 3.8) is 0 Å². The van der Waals surface area contributed by atoms with Gasteiger partial charge in [0.05, 0.1) is 28.1 Å². The second-order valence-electron chi connectivity index (χ2n) is 10.5. The number of ketones is 1. The van der Waals surface area contributed by atoms with Gasteiger partial charge in [-0.05, 0) is 72.4 Å². The number of anilines is 1. The van der Waals surface area contributed by atoms with E-state index in [4.69, 9.17) is 9.72 Å². The van der Waals surface area contributed by atoms with Crippen molar-refractivity contribution < 1.29 is 19.4 Å². The molecule has 0 radical (unpaired) electrons. The number of nitrogens with zero attached hydrogens (tertiary/aromatic N) is 3. The van der Waals surface area contributed by atoms with Crippen molar-refractivity contribution in [1.29, 1.82) is 0 Å². The van der Waals surface area contributed by atoms with Crippen LogP contribution in [-0.4, -0.2) is 33.4 Å². The molecule has 200 valence electrons. The summed E-state index contributed by atoms with van der Waals surface area (Å²) in [5.41, 5.74) is 3.60. The van der Waals surface area contributed by atoms with Gasteiger partial charge in [0.25, 0.3) is 5.78 Å². The van der Waals surface area contributed by atoms with Crippen LogP contribution in [0.3, 0.4) is 0 Å². The quantitative estimate of drug-likeness (QED) is 0.157. The lowest BCUT2D eigenvalue weighted by Gasteiger charge is -2.22. The van der Waals surface area contributed by atoms with Crippen molar-refractivity contribution in [2.75, 3.05) is 11.5 Å². The first-order chi connectivity index (χ1) is 18.7. The average molecular weight is 542 g/mol. The van der Waals surface area contributed by atoms with Crippen molar-refractivity contribution in [1.82, 2.24) is 9.97 Å². The summed E-state index contributed by atoms with van der Waals surface area (Å²) in [6, 6.07) is 15.6. The van der Waals surface area contributed by atoms with Crippen LogP contribution in [-0.2, 0) is 9.59 Å². The van der Waals surface area contributed by atoms with Crippen LogP contribution in [0.15, 0.2) is 66.4 Å². The minimum atomic E-state index is -0.923. The van der Waals surface area contributed by atoms with Gasteiger partial charge in [0.15, 0.2) is 5.13 Å². The Bertz CT molecular complexity index is 1590. The predicted octanol–water partition coefficient (Wildman–Crippen LogP) is 6.78. The molecule has 0 spiro atoms. The third-order valence-electron chi connectivity index (χ3n) is 6.71. The molecule has 0 saturated carbocycles. The SMILES string of the molecule is Cc1cc(/C(O)=C2\C(=O)C(=O)N(c3nc4ccc(C(C)C)cc4s3)C2c2ccccn2)ccc1OCC(C)C. The standard InChI is InChI=1S/C31H31N3O4S/c1-17(2)16-38-24-12-10-21(14-19(24)5)28(35)26-27(23-8-6-7-13-32-23)34(30(37)29(26)36)31-33-22-11-9-20(18(3)4)15-25(22)39-31/h6-15,17-18,27,35H,16H2,1-5H3/b28-26+. The minimum absolute atomic E-state index is 0.0175. The fourth-order valence-corrected chi connectivity index (χ4v) is 5.65. The Morgan fingerprint density at radius 3 is 2.54 bits per heavy atom. The maximum absolute atomic E-state index is 13.5. The van der Waals surface area contributed by atoms with Crippen LogP contribution in [0.4, 0.5) is 5.13 Å². The Labute approximate surface area is 231 Å². The van der Waals surface area contributed by atoms with E-state index in [2.05, 4.69) is 38.7 Å². The zero-order chi connectivity index (χ0) is 27.8. The highest BCUT2D eigenvalue weighted by atomic mass is 32.1. The molecule has 1 aliphatic rings. The lowest BCUT2D eigenvalue weighted by atomic mass is 9.97. The minimum Gasteiger partial charge on any atom is -0.507 e. The van der Waals surface area contributed by atoms with Gasteiger partial charge in [-0.15, -0.1) is 0 Å². The molecule has 39 heavy (non-hydrogen) atoms. The van der Waals surface area contributed by atoms with Crippen LogP contribution in [0.25, 0.3) is 16.0 Å². The van der Waals surface area contributed by atoms with Crippen molar-refractivity contribution >= 4 is 44.1 Å². The summed E-state index contributed by atoms with van der Waals surface area (Å²) in [7, 11) is 0. The van der Waals surface area contributed by atoms with Crippen LogP contribution in [0, 0.1) is 12.8 Å². The molecule has 7 nitrogen and oxygen atoms in total. The maximum Gasteiger partial charge on any atom is 0.301 e. The number of aryl methyl sites for hydroxylation is 1. The Hall–Kier alpha value is -4.04. The van der Waals surface area contributed by atoms with Gasteiger partial charge in [-0.25, -0.2) is 4.98 Å². The number of rotatable bonds is 7. The first-order valence-electron chi connectivity index (χ1n) is 13.0. The molecule has 1 N–H and O–H groups in total. The molecule has 8 heteroatoms. The number of pyridine rings is 1. The number of hydrogen-bond donors (Lipinski definition) is 1. The predicted molar refractivity (Wildman–Crippen MR) is 154 cm³/mol. The molecule has 2 aromatic carbocycles. The summed E-state index contributed by atoms with van der Waals surface area (Å²) in [4.78, 5) is 37.5. The van der Waals surface area contributed by atoms with E-state index in [0.29, 0.717) is 40.6 Å². The zero-order valence-corrected chi connectivity index (χ0v) is 23.5. The molecule has 5 rings (SSSR count). The van der Waals surface area contributed by atoms with Gasteiger partial charge in [-0.1, -0.05) is 51.2 Å². The molecule has 1 fully saturated rings. The van der Waals surface area contributed by atoms with E-state index in [-0.39, 0.29) is 11.3 Å². The van der Waals surface area contributed by atoms with E-state index in [1.165, 1.54) is 16.2 Å². The van der Waals surface area contributed by atoms with Gasteiger partial charge in [0.1, 0.15) is 17.6 Å². The normalized spacial score (nSPS) is 17.1. The highest BCUT2D eigenvalue weighted by Gasteiger charge is 2.48. The van der Waals surface area contributed by atoms with Gasteiger partial charge < -0.3 is 9.84 Å². The number of carbonyl (C=O) groups excluding carboxylic acids is 2. The topological polar surface area (TPSA) is 92.6 Å². The summed E-state index contributed by atoms with van der Waals surface area (Å²) < 4.78 is 6.79. The molecule has 0 aliphatic carbocycles. The number of aliphatic hydroxyl groups is 1. The number of thiazole rings is 1. The first-order valence-corrected chi connectivity index (χ1v) is 13.8. The second-order valence-corrected chi connectivity index (χ2v) is 11.5. The van der Waals surface area contributed by atoms with Gasteiger partial charge >= 0.3 is 5.91 Å². The molecule has 2 aromatic heterocycles. The van der Waals surface area contributed by atoms with Gasteiger partial charge in [0, 0.05) is 11.8 Å². The Morgan fingerprint density at radius 1 is 1.08 bits per heavy atom. The van der Waals surface area contributed by atoms with Crippen molar-refractivity contribution in [3.8, 4) is 5.75 Å². The molecular formula is C31H31N3O4S. The number of benzene rings is 2. The zero-order valence-electron chi connectivity index (χ0n) is 22.6. The summed E-state index contributed by atoms with van der Waals surface area (Å²) in [6.07, 6.45) is 1.60. The number of ether oxygens (including phenoxy) is 1. The third kappa shape index (κ3) is 5.04. The molecule has 1 amide bonds. The molecule has 4 aromatic rings. The average Bonchev–Trinajstić information content (AvgIpc) is 3.45. The van der Waals surface area contributed by atoms with Crippen LogP contribution >= 0.6 is 11.3 Å². The summed E-state index contributed by atoms with van der Waals surface area (Å²) in [5.74, 6) is -0.364. The lowest BCUT2D eigenvalue weighted by Crippen LogP contribution is -2.29. The Morgan fingerprint density at radius 2 is 1.87 bits per heavy atom. The third-order valence-corrected chi connectivity index (χ3v) is 7.72. The molecule has 0 bridgehead atoms. The fourth-order valence-electron chi connectivity index (χ4n) is 4.61. The van der Waals surface area contributed by atoms with Crippen LogP contribution < -0.4 is 9.64 Å². The van der Waals surface area contributed by atoms with Crippen LogP contribution in [0.1, 0.15) is 62.0 Å². The largest absolute Gasteiger partial charge is 0.507 e. The monoisotopic (exact) mass is 541 g/mol.